The lowest BCUT2D eigenvalue weighted by molar-refractivity contribution is 0.0356. The minimum Gasteiger partial charge on any atom is -0.487 e. The van der Waals surface area contributed by atoms with E-state index in [0.29, 0.717) is 13.1 Å². The van der Waals surface area contributed by atoms with E-state index in [1.54, 1.807) is 23.9 Å². The van der Waals surface area contributed by atoms with Crippen molar-refractivity contribution >= 4 is 22.0 Å². The maximum atomic E-state index is 11.6. The lowest BCUT2D eigenvalue weighted by atomic mass is 10.2. The minimum atomic E-state index is 0.0423. The Bertz CT molecular complexity index is 399. The molecule has 1 heterocycles. The fourth-order valence-corrected chi connectivity index (χ4v) is 1.92. The highest BCUT2D eigenvalue weighted by Crippen LogP contribution is 2.21. The van der Waals surface area contributed by atoms with Gasteiger partial charge in [-0.2, -0.15) is 0 Å². The van der Waals surface area contributed by atoms with Gasteiger partial charge in [0.15, 0.2) is 0 Å². The summed E-state index contributed by atoms with van der Waals surface area (Å²) in [6, 6.07) is 7.76. The molecule has 1 saturated heterocycles. The fourth-order valence-electron chi connectivity index (χ4n) is 1.66. The molecule has 17 heavy (non-hydrogen) atoms. The van der Waals surface area contributed by atoms with E-state index in [2.05, 4.69) is 15.9 Å². The zero-order valence-corrected chi connectivity index (χ0v) is 11.5. The molecule has 0 bridgehead atoms. The molecule has 0 saturated carbocycles. The van der Waals surface area contributed by atoms with E-state index in [0.717, 1.165) is 10.2 Å². The van der Waals surface area contributed by atoms with Gasteiger partial charge in [-0.15, -0.1) is 0 Å². The van der Waals surface area contributed by atoms with Crippen LogP contribution in [0, 0.1) is 0 Å². The third-order valence-corrected chi connectivity index (χ3v) is 3.15. The number of carbonyl (C=O) groups excluding carboxylic acids is 1. The van der Waals surface area contributed by atoms with Crippen LogP contribution in [-0.4, -0.2) is 49.1 Å². The van der Waals surface area contributed by atoms with Crippen molar-refractivity contribution < 1.29 is 9.53 Å². The highest BCUT2D eigenvalue weighted by Gasteiger charge is 2.32. The summed E-state index contributed by atoms with van der Waals surface area (Å²) < 4.78 is 6.76. The van der Waals surface area contributed by atoms with Crippen LogP contribution in [0.4, 0.5) is 4.79 Å². The molecular weight excluding hydrogens is 284 g/mol. The predicted octanol–water partition coefficient (Wildman–Crippen LogP) is 2.19. The standard InChI is InChI=1S/C12H15BrN2O2/c1-14(2)12(16)15-7-11(8-15)17-10-5-3-9(13)4-6-10/h3-6,11H,7-8H2,1-2H3. The number of hydrogen-bond acceptors (Lipinski definition) is 2. The molecule has 1 aliphatic rings. The number of amides is 2. The Labute approximate surface area is 109 Å². The first-order valence-corrected chi connectivity index (χ1v) is 6.24. The molecular formula is C12H15BrN2O2. The van der Waals surface area contributed by atoms with E-state index in [9.17, 15) is 4.79 Å². The molecule has 0 spiro atoms. The van der Waals surface area contributed by atoms with Gasteiger partial charge in [-0.05, 0) is 24.3 Å². The van der Waals surface area contributed by atoms with E-state index in [1.165, 1.54) is 0 Å². The molecule has 2 rings (SSSR count). The quantitative estimate of drug-likeness (QED) is 0.838. The molecule has 0 radical (unpaired) electrons. The Hall–Kier alpha value is -1.23. The summed E-state index contributed by atoms with van der Waals surface area (Å²) in [7, 11) is 3.51. The zero-order valence-electron chi connectivity index (χ0n) is 9.89. The van der Waals surface area contributed by atoms with Crippen LogP contribution in [0.5, 0.6) is 5.75 Å². The van der Waals surface area contributed by atoms with Crippen LogP contribution in [-0.2, 0) is 0 Å². The first-order chi connectivity index (χ1) is 8.06. The zero-order chi connectivity index (χ0) is 12.4. The van der Waals surface area contributed by atoms with Crippen LogP contribution < -0.4 is 4.74 Å². The number of hydrogen-bond donors (Lipinski definition) is 0. The molecule has 0 aliphatic carbocycles. The molecule has 1 fully saturated rings. The summed E-state index contributed by atoms with van der Waals surface area (Å²) in [5, 5.41) is 0. The number of ether oxygens (including phenoxy) is 1. The van der Waals surface area contributed by atoms with E-state index >= 15 is 0 Å². The van der Waals surface area contributed by atoms with Crippen molar-refractivity contribution in [3.05, 3.63) is 28.7 Å². The molecule has 0 unspecified atom stereocenters. The molecule has 1 aromatic rings. The number of rotatable bonds is 2. The van der Waals surface area contributed by atoms with Gasteiger partial charge in [0.25, 0.3) is 0 Å². The van der Waals surface area contributed by atoms with Gasteiger partial charge in [0.2, 0.25) is 0 Å². The average molecular weight is 299 g/mol. The first kappa shape index (κ1) is 12.2. The normalized spacial score (nSPS) is 15.4. The number of benzene rings is 1. The van der Waals surface area contributed by atoms with Crippen LogP contribution in [0.2, 0.25) is 0 Å². The molecule has 2 amide bonds. The van der Waals surface area contributed by atoms with Crippen LogP contribution in [0.15, 0.2) is 28.7 Å². The summed E-state index contributed by atoms with van der Waals surface area (Å²) in [6.07, 6.45) is 0.111. The maximum absolute atomic E-state index is 11.6. The maximum Gasteiger partial charge on any atom is 0.319 e. The Balaban J connectivity index is 1.81. The number of likely N-dealkylation sites (tertiary alicyclic amines) is 1. The van der Waals surface area contributed by atoms with Gasteiger partial charge in [0.05, 0.1) is 13.1 Å². The number of nitrogens with zero attached hydrogens (tertiary/aromatic N) is 2. The molecule has 5 heteroatoms. The lowest BCUT2D eigenvalue weighted by Gasteiger charge is -2.40. The average Bonchev–Trinajstić information content (AvgIpc) is 2.24. The van der Waals surface area contributed by atoms with E-state index in [4.69, 9.17) is 4.74 Å². The topological polar surface area (TPSA) is 32.8 Å². The van der Waals surface area contributed by atoms with Crippen LogP contribution >= 0.6 is 15.9 Å². The highest BCUT2D eigenvalue weighted by atomic mass is 79.9. The fraction of sp³-hybridized carbons (Fsp3) is 0.417. The second-order valence-electron chi connectivity index (χ2n) is 4.28. The SMILES string of the molecule is CN(C)C(=O)N1CC(Oc2ccc(Br)cc2)C1. The van der Waals surface area contributed by atoms with Gasteiger partial charge in [-0.1, -0.05) is 15.9 Å². The summed E-state index contributed by atoms with van der Waals surface area (Å²) in [4.78, 5) is 14.9. The van der Waals surface area contributed by atoms with Crippen LogP contribution in [0.3, 0.4) is 0 Å². The summed E-state index contributed by atoms with van der Waals surface area (Å²) in [5.41, 5.74) is 0. The summed E-state index contributed by atoms with van der Waals surface area (Å²) >= 11 is 3.37. The van der Waals surface area contributed by atoms with Crippen molar-refractivity contribution in [2.24, 2.45) is 0 Å². The monoisotopic (exact) mass is 298 g/mol. The molecule has 4 nitrogen and oxygen atoms in total. The number of carbonyl (C=O) groups is 1. The Kier molecular flexibility index (Phi) is 3.57. The van der Waals surface area contributed by atoms with E-state index in [-0.39, 0.29) is 12.1 Å². The van der Waals surface area contributed by atoms with E-state index < -0.39 is 0 Å². The Morgan fingerprint density at radius 1 is 1.35 bits per heavy atom. The van der Waals surface area contributed by atoms with Gasteiger partial charge in [-0.25, -0.2) is 4.79 Å². The third-order valence-electron chi connectivity index (χ3n) is 2.62. The van der Waals surface area contributed by atoms with Gasteiger partial charge >= 0.3 is 6.03 Å². The first-order valence-electron chi connectivity index (χ1n) is 5.44. The van der Waals surface area contributed by atoms with Crippen LogP contribution in [0.25, 0.3) is 0 Å². The Morgan fingerprint density at radius 2 is 1.94 bits per heavy atom. The van der Waals surface area contributed by atoms with E-state index in [1.807, 2.05) is 24.3 Å². The molecule has 0 atom stereocenters. The molecule has 0 N–H and O–H groups in total. The van der Waals surface area contributed by atoms with Crippen molar-refractivity contribution in [1.29, 1.82) is 0 Å². The molecule has 1 aliphatic heterocycles. The van der Waals surface area contributed by atoms with Gasteiger partial charge < -0.3 is 14.5 Å². The van der Waals surface area contributed by atoms with Gasteiger partial charge in [-0.3, -0.25) is 0 Å². The van der Waals surface area contributed by atoms with Crippen LogP contribution in [0.1, 0.15) is 0 Å². The van der Waals surface area contributed by atoms with Crippen molar-refractivity contribution in [2.45, 2.75) is 6.10 Å². The largest absolute Gasteiger partial charge is 0.487 e. The summed E-state index contributed by atoms with van der Waals surface area (Å²) in [6.45, 7) is 1.32. The number of urea groups is 1. The highest BCUT2D eigenvalue weighted by molar-refractivity contribution is 9.10. The molecule has 0 aromatic heterocycles. The van der Waals surface area contributed by atoms with Gasteiger partial charge in [0, 0.05) is 18.6 Å². The van der Waals surface area contributed by atoms with Crippen molar-refractivity contribution in [1.82, 2.24) is 9.80 Å². The minimum absolute atomic E-state index is 0.0423. The van der Waals surface area contributed by atoms with Crippen molar-refractivity contribution in [3.8, 4) is 5.75 Å². The second kappa shape index (κ2) is 4.96. The van der Waals surface area contributed by atoms with Crippen molar-refractivity contribution in [3.63, 3.8) is 0 Å². The third kappa shape index (κ3) is 2.91. The van der Waals surface area contributed by atoms with Gasteiger partial charge in [0.1, 0.15) is 11.9 Å². The predicted molar refractivity (Wildman–Crippen MR) is 69.2 cm³/mol. The number of halogens is 1. The van der Waals surface area contributed by atoms with Crippen molar-refractivity contribution in [2.75, 3.05) is 27.2 Å². The Morgan fingerprint density at radius 3 is 2.47 bits per heavy atom. The molecule has 1 aromatic carbocycles. The second-order valence-corrected chi connectivity index (χ2v) is 5.19. The lowest BCUT2D eigenvalue weighted by Crippen LogP contribution is -2.58. The molecule has 92 valence electrons. The summed E-state index contributed by atoms with van der Waals surface area (Å²) in [5.74, 6) is 0.843. The smallest absolute Gasteiger partial charge is 0.319 e.